The normalized spacial score (nSPS) is 12.6. The fraction of sp³-hybridized carbons (Fsp3) is 0.154. The molecule has 0 saturated carbocycles. The third kappa shape index (κ3) is 1.41. The van der Waals surface area contributed by atoms with E-state index in [1.165, 1.54) is 10.8 Å². The van der Waals surface area contributed by atoms with Gasteiger partial charge in [-0.3, -0.25) is 0 Å². The number of fused-ring (bicyclic) bond motifs is 1. The second kappa shape index (κ2) is 3.62. The van der Waals surface area contributed by atoms with Crippen molar-refractivity contribution in [3.8, 4) is 0 Å². The van der Waals surface area contributed by atoms with Gasteiger partial charge in [0.25, 0.3) is 0 Å². The van der Waals surface area contributed by atoms with Gasteiger partial charge in [-0.2, -0.15) is 0 Å². The standard InChI is InChI=1S/C13H12O/c1-10(9-14)12-8-4-6-11-5-2-3-7-13(11)12/h2-10H,1H3. The Morgan fingerprint density at radius 3 is 2.57 bits per heavy atom. The largest absolute Gasteiger partial charge is 0.303 e. The summed E-state index contributed by atoms with van der Waals surface area (Å²) < 4.78 is 0. The van der Waals surface area contributed by atoms with Gasteiger partial charge in [0.15, 0.2) is 0 Å². The molecule has 0 N–H and O–H groups in total. The van der Waals surface area contributed by atoms with E-state index in [0.717, 1.165) is 11.8 Å². The second-order valence-electron chi connectivity index (χ2n) is 3.49. The van der Waals surface area contributed by atoms with E-state index in [9.17, 15) is 4.79 Å². The van der Waals surface area contributed by atoms with Gasteiger partial charge in [-0.1, -0.05) is 49.4 Å². The van der Waals surface area contributed by atoms with Crippen molar-refractivity contribution >= 4 is 17.1 Å². The van der Waals surface area contributed by atoms with Crippen molar-refractivity contribution in [2.75, 3.05) is 0 Å². The molecule has 14 heavy (non-hydrogen) atoms. The molecule has 70 valence electrons. The van der Waals surface area contributed by atoms with E-state index in [4.69, 9.17) is 0 Å². The van der Waals surface area contributed by atoms with Gasteiger partial charge in [0.05, 0.1) is 0 Å². The Balaban J connectivity index is 2.70. The van der Waals surface area contributed by atoms with Crippen molar-refractivity contribution in [2.45, 2.75) is 12.8 Å². The zero-order chi connectivity index (χ0) is 9.97. The lowest BCUT2D eigenvalue weighted by atomic mass is 9.96. The summed E-state index contributed by atoms with van der Waals surface area (Å²) in [7, 11) is 0. The van der Waals surface area contributed by atoms with Gasteiger partial charge in [0, 0.05) is 5.92 Å². The third-order valence-corrected chi connectivity index (χ3v) is 2.52. The highest BCUT2D eigenvalue weighted by molar-refractivity contribution is 5.88. The molecule has 1 atom stereocenters. The summed E-state index contributed by atoms with van der Waals surface area (Å²) in [5.74, 6) is -0.0268. The van der Waals surface area contributed by atoms with Crippen LogP contribution in [0.2, 0.25) is 0 Å². The molecule has 0 spiro atoms. The molecule has 1 heteroatoms. The van der Waals surface area contributed by atoms with E-state index < -0.39 is 0 Å². The number of carbonyl (C=O) groups is 1. The summed E-state index contributed by atoms with van der Waals surface area (Å²) >= 11 is 0. The number of carbonyl (C=O) groups excluding carboxylic acids is 1. The van der Waals surface area contributed by atoms with Crippen LogP contribution in [0.4, 0.5) is 0 Å². The molecule has 0 radical (unpaired) electrons. The average molecular weight is 184 g/mol. The summed E-state index contributed by atoms with van der Waals surface area (Å²) in [6.07, 6.45) is 0.988. The summed E-state index contributed by atoms with van der Waals surface area (Å²) in [6, 6.07) is 14.2. The predicted molar refractivity (Wildman–Crippen MR) is 58.4 cm³/mol. The van der Waals surface area contributed by atoms with Crippen molar-refractivity contribution in [3.05, 3.63) is 48.0 Å². The fourth-order valence-corrected chi connectivity index (χ4v) is 1.72. The summed E-state index contributed by atoms with van der Waals surface area (Å²) in [4.78, 5) is 10.7. The van der Waals surface area contributed by atoms with Gasteiger partial charge in [-0.05, 0) is 16.3 Å². The molecule has 2 rings (SSSR count). The van der Waals surface area contributed by atoms with Gasteiger partial charge in [0.1, 0.15) is 6.29 Å². The highest BCUT2D eigenvalue weighted by Crippen LogP contribution is 2.23. The van der Waals surface area contributed by atoms with Crippen molar-refractivity contribution in [3.63, 3.8) is 0 Å². The second-order valence-corrected chi connectivity index (χ2v) is 3.49. The van der Waals surface area contributed by atoms with E-state index in [1.54, 1.807) is 0 Å². The Labute approximate surface area is 83.4 Å². The maximum Gasteiger partial charge on any atom is 0.127 e. The fourth-order valence-electron chi connectivity index (χ4n) is 1.72. The van der Waals surface area contributed by atoms with Gasteiger partial charge in [0.2, 0.25) is 0 Å². The van der Waals surface area contributed by atoms with E-state index >= 15 is 0 Å². The van der Waals surface area contributed by atoms with Gasteiger partial charge in [-0.25, -0.2) is 0 Å². The molecule has 1 unspecified atom stereocenters. The first-order valence-corrected chi connectivity index (χ1v) is 4.76. The van der Waals surface area contributed by atoms with Crippen LogP contribution in [0.15, 0.2) is 42.5 Å². The molecule has 1 nitrogen and oxygen atoms in total. The Morgan fingerprint density at radius 1 is 1.07 bits per heavy atom. The molecule has 2 aromatic rings. The lowest BCUT2D eigenvalue weighted by molar-refractivity contribution is -0.108. The Morgan fingerprint density at radius 2 is 1.79 bits per heavy atom. The maximum absolute atomic E-state index is 10.7. The number of benzene rings is 2. The topological polar surface area (TPSA) is 17.1 Å². The summed E-state index contributed by atoms with van der Waals surface area (Å²) in [5.41, 5.74) is 1.11. The lowest BCUT2D eigenvalue weighted by Crippen LogP contribution is -1.94. The molecule has 0 heterocycles. The highest BCUT2D eigenvalue weighted by Gasteiger charge is 2.06. The molecule has 0 aliphatic rings. The quantitative estimate of drug-likeness (QED) is 0.655. The molecule has 0 bridgehead atoms. The molecular weight excluding hydrogens is 172 g/mol. The number of rotatable bonds is 2. The van der Waals surface area contributed by atoms with E-state index in [1.807, 2.05) is 31.2 Å². The van der Waals surface area contributed by atoms with Crippen LogP contribution in [-0.4, -0.2) is 6.29 Å². The molecular formula is C13H12O. The monoisotopic (exact) mass is 184 g/mol. The minimum absolute atomic E-state index is 0.0268. The zero-order valence-corrected chi connectivity index (χ0v) is 8.10. The molecule has 0 aliphatic heterocycles. The predicted octanol–water partition coefficient (Wildman–Crippen LogP) is 3.14. The van der Waals surface area contributed by atoms with Crippen LogP contribution in [-0.2, 0) is 4.79 Å². The molecule has 0 fully saturated rings. The maximum atomic E-state index is 10.7. The SMILES string of the molecule is CC(C=O)c1cccc2ccccc12. The number of aldehydes is 1. The molecule has 2 aromatic carbocycles. The van der Waals surface area contributed by atoms with Gasteiger partial charge < -0.3 is 4.79 Å². The van der Waals surface area contributed by atoms with Crippen LogP contribution in [0.1, 0.15) is 18.4 Å². The van der Waals surface area contributed by atoms with Gasteiger partial charge >= 0.3 is 0 Å². The molecule has 0 aromatic heterocycles. The minimum atomic E-state index is -0.0268. The Kier molecular flexibility index (Phi) is 2.32. The lowest BCUT2D eigenvalue weighted by Gasteiger charge is -2.08. The average Bonchev–Trinajstić information content (AvgIpc) is 2.27. The van der Waals surface area contributed by atoms with Crippen molar-refractivity contribution in [2.24, 2.45) is 0 Å². The molecule has 0 aliphatic carbocycles. The minimum Gasteiger partial charge on any atom is -0.303 e. The first-order valence-electron chi connectivity index (χ1n) is 4.76. The van der Waals surface area contributed by atoms with E-state index in [0.29, 0.717) is 0 Å². The Bertz CT molecular complexity index is 454. The highest BCUT2D eigenvalue weighted by atomic mass is 16.1. The zero-order valence-electron chi connectivity index (χ0n) is 8.10. The third-order valence-electron chi connectivity index (χ3n) is 2.52. The molecule has 0 saturated heterocycles. The van der Waals surface area contributed by atoms with E-state index in [2.05, 4.69) is 18.2 Å². The van der Waals surface area contributed by atoms with Crippen LogP contribution in [0.25, 0.3) is 10.8 Å². The molecule has 0 amide bonds. The van der Waals surface area contributed by atoms with E-state index in [-0.39, 0.29) is 5.92 Å². The van der Waals surface area contributed by atoms with Crippen LogP contribution >= 0.6 is 0 Å². The van der Waals surface area contributed by atoms with Crippen LogP contribution < -0.4 is 0 Å². The van der Waals surface area contributed by atoms with Crippen LogP contribution in [0, 0.1) is 0 Å². The van der Waals surface area contributed by atoms with Crippen molar-refractivity contribution in [1.29, 1.82) is 0 Å². The van der Waals surface area contributed by atoms with Crippen LogP contribution in [0.3, 0.4) is 0 Å². The first kappa shape index (κ1) is 8.95. The first-order chi connectivity index (χ1) is 6.83. The number of hydrogen-bond donors (Lipinski definition) is 0. The smallest absolute Gasteiger partial charge is 0.127 e. The van der Waals surface area contributed by atoms with Crippen molar-refractivity contribution < 1.29 is 4.79 Å². The Hall–Kier alpha value is -1.63. The summed E-state index contributed by atoms with van der Waals surface area (Å²) in [6.45, 7) is 1.93. The number of hydrogen-bond acceptors (Lipinski definition) is 1. The van der Waals surface area contributed by atoms with Crippen molar-refractivity contribution in [1.82, 2.24) is 0 Å². The van der Waals surface area contributed by atoms with Gasteiger partial charge in [-0.15, -0.1) is 0 Å². The summed E-state index contributed by atoms with van der Waals surface area (Å²) in [5, 5.41) is 2.37. The van der Waals surface area contributed by atoms with Crippen LogP contribution in [0.5, 0.6) is 0 Å².